The lowest BCUT2D eigenvalue weighted by Gasteiger charge is -2.21. The molecule has 0 aliphatic carbocycles. The van der Waals surface area contributed by atoms with Crippen molar-refractivity contribution in [1.82, 2.24) is 0 Å². The highest BCUT2D eigenvalue weighted by molar-refractivity contribution is 7.87. The van der Waals surface area contributed by atoms with Crippen molar-refractivity contribution >= 4 is 23.6 Å². The van der Waals surface area contributed by atoms with Crippen LogP contribution < -0.4 is 8.92 Å². The molecule has 35 heavy (non-hydrogen) atoms. The minimum Gasteiger partial charge on any atom is -0.488 e. The lowest BCUT2D eigenvalue weighted by molar-refractivity contribution is 0.131. The van der Waals surface area contributed by atoms with Crippen LogP contribution in [0.4, 0.5) is 0 Å². The Morgan fingerprint density at radius 2 is 1.03 bits per heavy atom. The maximum absolute atomic E-state index is 12.2. The molecule has 0 fully saturated rings. The molecule has 184 valence electrons. The molecule has 4 aromatic rings. The molecular weight excluding hydrogens is 476 g/mol. The monoisotopic (exact) mass is 508 g/mol. The molecule has 0 atom stereocenters. The van der Waals surface area contributed by atoms with Crippen LogP contribution in [0.2, 0.25) is 0 Å². The Morgan fingerprint density at radius 1 is 0.600 bits per heavy atom. The molecule has 0 amide bonds. The Bertz CT molecular complexity index is 1230. The van der Waals surface area contributed by atoms with E-state index >= 15 is 0 Å². The first-order valence-corrected chi connectivity index (χ1v) is 12.4. The van der Waals surface area contributed by atoms with Crippen LogP contribution in [0.25, 0.3) is 11.1 Å². The van der Waals surface area contributed by atoms with Crippen LogP contribution in [-0.2, 0) is 10.1 Å². The predicted octanol–water partition coefficient (Wildman–Crippen LogP) is 7.41. The van der Waals surface area contributed by atoms with Gasteiger partial charge in [-0.05, 0) is 75.2 Å². The van der Waals surface area contributed by atoms with Crippen LogP contribution in [0.15, 0.2) is 114 Å². The van der Waals surface area contributed by atoms with Gasteiger partial charge < -0.3 is 8.92 Å². The number of aryl methyl sites for hydroxylation is 1. The van der Waals surface area contributed by atoms with E-state index in [9.17, 15) is 8.42 Å². The molecular formula is C29H32O4S2. The van der Waals surface area contributed by atoms with Crippen LogP contribution in [-0.4, -0.2) is 14.0 Å². The van der Waals surface area contributed by atoms with E-state index in [0.29, 0.717) is 5.75 Å². The van der Waals surface area contributed by atoms with E-state index in [2.05, 4.69) is 48.5 Å². The van der Waals surface area contributed by atoms with Crippen molar-refractivity contribution in [2.24, 2.45) is 0 Å². The van der Waals surface area contributed by atoms with Crippen molar-refractivity contribution in [3.8, 4) is 22.6 Å². The van der Waals surface area contributed by atoms with Crippen LogP contribution in [0, 0.1) is 6.92 Å². The fraction of sp³-hybridized carbons (Fsp3) is 0.172. The third-order valence-electron chi connectivity index (χ3n) is 4.64. The molecule has 0 aliphatic rings. The Balaban J connectivity index is 0.000000280. The maximum Gasteiger partial charge on any atom is 0.339 e. The van der Waals surface area contributed by atoms with Crippen LogP contribution in [0.5, 0.6) is 11.5 Å². The lowest BCUT2D eigenvalue weighted by Crippen LogP contribution is -2.22. The minimum absolute atomic E-state index is 0. The number of hydrogen-bond donors (Lipinski definition) is 0. The summed E-state index contributed by atoms with van der Waals surface area (Å²) < 4.78 is 35.2. The molecule has 0 heterocycles. The molecule has 4 nitrogen and oxygen atoms in total. The van der Waals surface area contributed by atoms with Gasteiger partial charge in [-0.15, -0.1) is 0 Å². The Labute approximate surface area is 216 Å². The van der Waals surface area contributed by atoms with Gasteiger partial charge in [-0.3, -0.25) is 0 Å². The second-order valence-electron chi connectivity index (χ2n) is 8.77. The summed E-state index contributed by atoms with van der Waals surface area (Å²) in [4.78, 5) is 0.133. The first kappa shape index (κ1) is 28.0. The van der Waals surface area contributed by atoms with Gasteiger partial charge in [0.2, 0.25) is 0 Å². The van der Waals surface area contributed by atoms with Gasteiger partial charge in [-0.25, -0.2) is 0 Å². The standard InChI is InChI=1S/C17H20O4S.C12H10.H2S/c1-13-5-11-16(12-6-13)22(18,19)21-15-9-7-14(8-10-15)20-17(2,3)4;1-3-7-11(8-4-1)12-9-5-2-6-10-12;/h5-12H,1-4H3;1-10H;1H2. The summed E-state index contributed by atoms with van der Waals surface area (Å²) in [6, 6.07) is 33.8. The van der Waals surface area contributed by atoms with Crippen LogP contribution in [0.3, 0.4) is 0 Å². The van der Waals surface area contributed by atoms with E-state index in [1.165, 1.54) is 23.3 Å². The smallest absolute Gasteiger partial charge is 0.339 e. The van der Waals surface area contributed by atoms with E-state index in [1.54, 1.807) is 36.4 Å². The summed E-state index contributed by atoms with van der Waals surface area (Å²) in [5.41, 5.74) is 3.23. The summed E-state index contributed by atoms with van der Waals surface area (Å²) in [5.74, 6) is 0.911. The summed E-state index contributed by atoms with van der Waals surface area (Å²) in [6.45, 7) is 7.73. The molecule has 4 rings (SSSR count). The number of benzene rings is 4. The molecule has 0 radical (unpaired) electrons. The first-order chi connectivity index (χ1) is 16.1. The van der Waals surface area contributed by atoms with Crippen molar-refractivity contribution in [3.63, 3.8) is 0 Å². The SMILES string of the molecule is Cc1ccc(S(=O)(=O)Oc2ccc(OC(C)(C)C)cc2)cc1.S.c1ccc(-c2ccccc2)cc1. The third-order valence-corrected chi connectivity index (χ3v) is 5.91. The number of hydrogen-bond acceptors (Lipinski definition) is 4. The molecule has 0 bridgehead atoms. The highest BCUT2D eigenvalue weighted by Crippen LogP contribution is 2.24. The Morgan fingerprint density at radius 3 is 1.46 bits per heavy atom. The molecule has 0 saturated heterocycles. The van der Waals surface area contributed by atoms with Gasteiger partial charge in [0.15, 0.2) is 0 Å². The quantitative estimate of drug-likeness (QED) is 0.263. The van der Waals surface area contributed by atoms with Crippen molar-refractivity contribution in [2.75, 3.05) is 0 Å². The fourth-order valence-corrected chi connectivity index (χ4v) is 3.99. The van der Waals surface area contributed by atoms with E-state index < -0.39 is 10.1 Å². The van der Waals surface area contributed by atoms with E-state index in [0.717, 1.165) is 5.56 Å². The third kappa shape index (κ3) is 9.15. The normalized spacial score (nSPS) is 10.9. The average molecular weight is 509 g/mol. The molecule has 4 aromatic carbocycles. The second-order valence-corrected chi connectivity index (χ2v) is 10.3. The number of ether oxygens (including phenoxy) is 1. The largest absolute Gasteiger partial charge is 0.488 e. The summed E-state index contributed by atoms with van der Waals surface area (Å²) in [5, 5.41) is 0. The second kappa shape index (κ2) is 12.5. The van der Waals surface area contributed by atoms with Gasteiger partial charge in [0, 0.05) is 0 Å². The number of rotatable bonds is 5. The topological polar surface area (TPSA) is 52.6 Å². The molecule has 6 heteroatoms. The average Bonchev–Trinajstić information content (AvgIpc) is 2.81. The first-order valence-electron chi connectivity index (χ1n) is 11.0. The van der Waals surface area contributed by atoms with Crippen molar-refractivity contribution in [1.29, 1.82) is 0 Å². The molecule has 0 N–H and O–H groups in total. The molecule has 0 aliphatic heterocycles. The van der Waals surface area contributed by atoms with Gasteiger partial charge in [-0.2, -0.15) is 21.9 Å². The Hall–Kier alpha value is -3.22. The van der Waals surface area contributed by atoms with Crippen molar-refractivity contribution < 1.29 is 17.3 Å². The van der Waals surface area contributed by atoms with Gasteiger partial charge in [0.05, 0.1) is 0 Å². The van der Waals surface area contributed by atoms with E-state index in [1.807, 2.05) is 39.8 Å². The van der Waals surface area contributed by atoms with Crippen molar-refractivity contribution in [3.05, 3.63) is 115 Å². The highest BCUT2D eigenvalue weighted by Gasteiger charge is 2.17. The Kier molecular flexibility index (Phi) is 9.99. The van der Waals surface area contributed by atoms with Gasteiger partial charge in [0.25, 0.3) is 0 Å². The molecule has 0 saturated carbocycles. The lowest BCUT2D eigenvalue weighted by atomic mass is 10.1. The zero-order valence-electron chi connectivity index (χ0n) is 20.4. The highest BCUT2D eigenvalue weighted by atomic mass is 32.2. The summed E-state index contributed by atoms with van der Waals surface area (Å²) >= 11 is 0. The summed E-state index contributed by atoms with van der Waals surface area (Å²) in [7, 11) is -3.82. The predicted molar refractivity (Wildman–Crippen MR) is 148 cm³/mol. The van der Waals surface area contributed by atoms with Crippen LogP contribution >= 0.6 is 13.5 Å². The molecule has 0 unspecified atom stereocenters. The van der Waals surface area contributed by atoms with E-state index in [4.69, 9.17) is 8.92 Å². The van der Waals surface area contributed by atoms with Gasteiger partial charge in [0.1, 0.15) is 22.0 Å². The molecule has 0 spiro atoms. The zero-order valence-corrected chi connectivity index (χ0v) is 22.3. The van der Waals surface area contributed by atoms with Gasteiger partial charge >= 0.3 is 10.1 Å². The fourth-order valence-electron chi connectivity index (χ4n) is 3.06. The maximum atomic E-state index is 12.2. The zero-order chi connectivity index (χ0) is 24.6. The van der Waals surface area contributed by atoms with E-state index in [-0.39, 0.29) is 29.7 Å². The van der Waals surface area contributed by atoms with Gasteiger partial charge in [-0.1, -0.05) is 78.4 Å². The molecule has 0 aromatic heterocycles. The van der Waals surface area contributed by atoms with Crippen LogP contribution in [0.1, 0.15) is 26.3 Å². The van der Waals surface area contributed by atoms with Crippen molar-refractivity contribution in [2.45, 2.75) is 38.2 Å². The summed E-state index contributed by atoms with van der Waals surface area (Å²) in [6.07, 6.45) is 0. The minimum atomic E-state index is -3.82.